The average molecular weight is 392 g/mol. The summed E-state index contributed by atoms with van der Waals surface area (Å²) in [6.45, 7) is 5.53. The van der Waals surface area contributed by atoms with E-state index in [1.165, 1.54) is 32.1 Å². The quantitative estimate of drug-likeness (QED) is 0.804. The Morgan fingerprint density at radius 3 is 2.24 bits per heavy atom. The highest BCUT2D eigenvalue weighted by molar-refractivity contribution is 5.94. The molecule has 2 aromatic rings. The van der Waals surface area contributed by atoms with Crippen molar-refractivity contribution in [3.8, 4) is 0 Å². The van der Waals surface area contributed by atoms with E-state index < -0.39 is 0 Å². The average Bonchev–Trinajstić information content (AvgIpc) is 3.34. The zero-order valence-corrected chi connectivity index (χ0v) is 17.0. The number of nitrogens with zero attached hydrogens (tertiary/aromatic N) is 5. The molecule has 0 aliphatic carbocycles. The summed E-state index contributed by atoms with van der Waals surface area (Å²) >= 11 is 0. The minimum atomic E-state index is 0.101. The molecule has 0 saturated carbocycles. The molecule has 1 amide bonds. The van der Waals surface area contributed by atoms with Gasteiger partial charge < -0.3 is 14.7 Å². The Kier molecular flexibility index (Phi) is 5.08. The highest BCUT2D eigenvalue weighted by Gasteiger charge is 2.30. The lowest BCUT2D eigenvalue weighted by molar-refractivity contribution is 0.0733. The van der Waals surface area contributed by atoms with Gasteiger partial charge in [-0.3, -0.25) is 4.79 Å². The number of anilines is 2. The van der Waals surface area contributed by atoms with Gasteiger partial charge in [0.25, 0.3) is 5.91 Å². The third kappa shape index (κ3) is 3.68. The normalized spacial score (nSPS) is 19.4. The number of fused-ring (bicyclic) bond motifs is 1. The van der Waals surface area contributed by atoms with E-state index in [0.29, 0.717) is 6.54 Å². The van der Waals surface area contributed by atoms with Crippen LogP contribution in [-0.2, 0) is 13.0 Å². The third-order valence-electron chi connectivity index (χ3n) is 6.38. The zero-order chi connectivity index (χ0) is 19.6. The minimum Gasteiger partial charge on any atom is -0.356 e. The van der Waals surface area contributed by atoms with Crippen LogP contribution in [0, 0.1) is 0 Å². The van der Waals surface area contributed by atoms with Gasteiger partial charge in [0, 0.05) is 50.3 Å². The van der Waals surface area contributed by atoms with Crippen LogP contribution in [0.3, 0.4) is 0 Å². The Morgan fingerprint density at radius 2 is 1.48 bits per heavy atom. The zero-order valence-electron chi connectivity index (χ0n) is 17.0. The number of hydrogen-bond acceptors (Lipinski definition) is 5. The lowest BCUT2D eigenvalue weighted by Gasteiger charge is -2.35. The van der Waals surface area contributed by atoms with Crippen LogP contribution in [-0.4, -0.2) is 53.5 Å². The number of carbonyl (C=O) groups excluding carboxylic acids is 1. The van der Waals surface area contributed by atoms with Gasteiger partial charge in [-0.1, -0.05) is 18.2 Å². The molecule has 6 nitrogen and oxygen atoms in total. The predicted molar refractivity (Wildman–Crippen MR) is 114 cm³/mol. The summed E-state index contributed by atoms with van der Waals surface area (Å²) in [4.78, 5) is 29.8. The number of amides is 1. The number of piperidine rings is 1. The molecule has 29 heavy (non-hydrogen) atoms. The first-order valence-corrected chi connectivity index (χ1v) is 11.0. The van der Waals surface area contributed by atoms with Crippen molar-refractivity contribution >= 4 is 17.7 Å². The molecule has 4 heterocycles. The van der Waals surface area contributed by atoms with Crippen LogP contribution in [0.5, 0.6) is 0 Å². The lowest BCUT2D eigenvalue weighted by Crippen LogP contribution is -2.39. The van der Waals surface area contributed by atoms with Gasteiger partial charge in [-0.2, -0.15) is 4.98 Å². The predicted octanol–water partition coefficient (Wildman–Crippen LogP) is 3.27. The van der Waals surface area contributed by atoms with E-state index in [0.717, 1.165) is 67.7 Å². The molecule has 0 unspecified atom stereocenters. The Hall–Kier alpha value is -2.63. The van der Waals surface area contributed by atoms with E-state index in [4.69, 9.17) is 9.97 Å². The monoisotopic (exact) mass is 391 g/mol. The summed E-state index contributed by atoms with van der Waals surface area (Å²) in [7, 11) is 0. The summed E-state index contributed by atoms with van der Waals surface area (Å²) in [5, 5.41) is 0. The maximum atomic E-state index is 13.0. The first kappa shape index (κ1) is 18.4. The topological polar surface area (TPSA) is 52.6 Å². The van der Waals surface area contributed by atoms with Crippen molar-refractivity contribution in [3.05, 3.63) is 47.2 Å². The largest absolute Gasteiger partial charge is 0.356 e. The number of carbonyl (C=O) groups is 1. The van der Waals surface area contributed by atoms with E-state index in [1.807, 2.05) is 35.2 Å². The van der Waals surface area contributed by atoms with Crippen LogP contribution in [0.25, 0.3) is 0 Å². The molecule has 2 fully saturated rings. The molecule has 6 heteroatoms. The van der Waals surface area contributed by atoms with Crippen LogP contribution in [0.15, 0.2) is 30.3 Å². The molecule has 0 radical (unpaired) electrons. The smallest absolute Gasteiger partial charge is 0.254 e. The molecule has 152 valence electrons. The van der Waals surface area contributed by atoms with Crippen molar-refractivity contribution in [1.82, 2.24) is 14.9 Å². The second-order valence-electron chi connectivity index (χ2n) is 8.36. The fourth-order valence-electron chi connectivity index (χ4n) is 4.75. The van der Waals surface area contributed by atoms with Crippen LogP contribution < -0.4 is 9.80 Å². The van der Waals surface area contributed by atoms with Gasteiger partial charge in [0.2, 0.25) is 5.95 Å². The highest BCUT2D eigenvalue weighted by Crippen LogP contribution is 2.32. The van der Waals surface area contributed by atoms with E-state index in [9.17, 15) is 4.79 Å². The van der Waals surface area contributed by atoms with E-state index in [-0.39, 0.29) is 5.91 Å². The Labute approximate surface area is 172 Å². The van der Waals surface area contributed by atoms with Crippen molar-refractivity contribution in [2.45, 2.75) is 45.1 Å². The van der Waals surface area contributed by atoms with Gasteiger partial charge in [0.15, 0.2) is 0 Å². The van der Waals surface area contributed by atoms with Gasteiger partial charge in [-0.25, -0.2) is 4.98 Å². The van der Waals surface area contributed by atoms with Gasteiger partial charge >= 0.3 is 0 Å². The van der Waals surface area contributed by atoms with Gasteiger partial charge in [-0.15, -0.1) is 0 Å². The minimum absolute atomic E-state index is 0.101. The second-order valence-corrected chi connectivity index (χ2v) is 8.36. The summed E-state index contributed by atoms with van der Waals surface area (Å²) < 4.78 is 0. The van der Waals surface area contributed by atoms with Crippen molar-refractivity contribution in [1.29, 1.82) is 0 Å². The molecule has 1 aromatic heterocycles. The maximum Gasteiger partial charge on any atom is 0.254 e. The van der Waals surface area contributed by atoms with Crippen molar-refractivity contribution in [2.24, 2.45) is 0 Å². The number of aromatic nitrogens is 2. The summed E-state index contributed by atoms with van der Waals surface area (Å²) in [5.74, 6) is 2.07. The fourth-order valence-corrected chi connectivity index (χ4v) is 4.75. The SMILES string of the molecule is O=C(c1ccccc1)N1CCc2nc(N3CCCC3)nc(N3CCCCC3)c2C1. The van der Waals surface area contributed by atoms with Crippen LogP contribution in [0.2, 0.25) is 0 Å². The third-order valence-corrected chi connectivity index (χ3v) is 6.38. The highest BCUT2D eigenvalue weighted by atomic mass is 16.2. The Balaban J connectivity index is 1.48. The van der Waals surface area contributed by atoms with Crippen LogP contribution in [0.4, 0.5) is 11.8 Å². The molecule has 2 saturated heterocycles. The lowest BCUT2D eigenvalue weighted by atomic mass is 10.0. The first-order chi connectivity index (χ1) is 14.3. The summed E-state index contributed by atoms with van der Waals surface area (Å²) in [6.07, 6.45) is 6.96. The molecular weight excluding hydrogens is 362 g/mol. The first-order valence-electron chi connectivity index (χ1n) is 11.0. The number of benzene rings is 1. The van der Waals surface area contributed by atoms with E-state index in [2.05, 4.69) is 9.80 Å². The molecule has 5 rings (SSSR count). The number of rotatable bonds is 3. The van der Waals surface area contributed by atoms with E-state index >= 15 is 0 Å². The van der Waals surface area contributed by atoms with Gasteiger partial charge in [-0.05, 0) is 44.2 Å². The molecule has 0 N–H and O–H groups in total. The second kappa shape index (κ2) is 8.01. The standard InChI is InChI=1S/C23H29N5O/c29-22(18-9-3-1-4-10-18)28-16-11-20-19(17-28)21(26-12-5-2-6-13-26)25-23(24-20)27-14-7-8-15-27/h1,3-4,9-10H,2,5-8,11-17H2. The van der Waals surface area contributed by atoms with Crippen molar-refractivity contribution < 1.29 is 4.79 Å². The van der Waals surface area contributed by atoms with Crippen LogP contribution in [0.1, 0.15) is 53.7 Å². The van der Waals surface area contributed by atoms with Gasteiger partial charge in [0.1, 0.15) is 5.82 Å². The Morgan fingerprint density at radius 1 is 0.793 bits per heavy atom. The maximum absolute atomic E-state index is 13.0. The molecule has 0 spiro atoms. The summed E-state index contributed by atoms with van der Waals surface area (Å²) in [6, 6.07) is 9.60. The van der Waals surface area contributed by atoms with Crippen molar-refractivity contribution in [2.75, 3.05) is 42.5 Å². The van der Waals surface area contributed by atoms with Crippen LogP contribution >= 0.6 is 0 Å². The molecule has 1 aromatic carbocycles. The van der Waals surface area contributed by atoms with E-state index in [1.54, 1.807) is 0 Å². The Bertz CT molecular complexity index is 872. The summed E-state index contributed by atoms with van der Waals surface area (Å²) in [5.41, 5.74) is 3.05. The molecule has 0 bridgehead atoms. The van der Waals surface area contributed by atoms with Crippen molar-refractivity contribution in [3.63, 3.8) is 0 Å². The molecule has 3 aliphatic heterocycles. The molecule has 3 aliphatic rings. The fraction of sp³-hybridized carbons (Fsp3) is 0.522. The van der Waals surface area contributed by atoms with Gasteiger partial charge in [0.05, 0.1) is 12.2 Å². The molecule has 0 atom stereocenters. The molecular formula is C23H29N5O. The number of hydrogen-bond donors (Lipinski definition) is 0.